The Balaban J connectivity index is 2.17. The molecule has 10 heavy (non-hydrogen) atoms. The molecule has 0 radical (unpaired) electrons. The van der Waals surface area contributed by atoms with Gasteiger partial charge in [-0.15, -0.1) is 0 Å². The number of hydrogen-bond donors (Lipinski definition) is 1. The quantitative estimate of drug-likeness (QED) is 0.638. The van der Waals surface area contributed by atoms with E-state index >= 15 is 0 Å². The van der Waals surface area contributed by atoms with Crippen molar-refractivity contribution in [3.63, 3.8) is 0 Å². The summed E-state index contributed by atoms with van der Waals surface area (Å²) < 4.78 is 0. The van der Waals surface area contributed by atoms with Gasteiger partial charge in [0.1, 0.15) is 5.78 Å². The lowest BCUT2D eigenvalue weighted by atomic mass is 10.1. The molecule has 58 valence electrons. The number of carbonyl (C=O) groups excluding carboxylic acids is 1. The summed E-state index contributed by atoms with van der Waals surface area (Å²) in [6, 6.07) is 0.493. The summed E-state index contributed by atoms with van der Waals surface area (Å²) in [5, 5.41) is 3.30. The van der Waals surface area contributed by atoms with Crippen LogP contribution in [-0.2, 0) is 4.79 Å². The van der Waals surface area contributed by atoms with Gasteiger partial charge in [0.2, 0.25) is 0 Å². The number of Topliss-reactive ketones (excluding diaryl/α,β-unsaturated/α-hetero) is 1. The van der Waals surface area contributed by atoms with Gasteiger partial charge >= 0.3 is 0 Å². The van der Waals surface area contributed by atoms with Gasteiger partial charge in [0.25, 0.3) is 0 Å². The molecule has 0 aliphatic carbocycles. The van der Waals surface area contributed by atoms with Crippen molar-refractivity contribution in [3.8, 4) is 0 Å². The molecule has 0 aromatic carbocycles. The summed E-state index contributed by atoms with van der Waals surface area (Å²) in [6.45, 7) is 3.03. The van der Waals surface area contributed by atoms with Crippen molar-refractivity contribution in [1.82, 2.24) is 5.32 Å². The number of carbonyl (C=O) groups is 1. The van der Waals surface area contributed by atoms with Gasteiger partial charge in [0.05, 0.1) is 0 Å². The topological polar surface area (TPSA) is 29.1 Å². The lowest BCUT2D eigenvalue weighted by molar-refractivity contribution is -0.119. The van der Waals surface area contributed by atoms with Crippen molar-refractivity contribution in [2.24, 2.45) is 0 Å². The summed E-state index contributed by atoms with van der Waals surface area (Å²) in [4.78, 5) is 10.9. The van der Waals surface area contributed by atoms with Crippen LogP contribution in [0.15, 0.2) is 0 Å². The van der Waals surface area contributed by atoms with Crippen molar-refractivity contribution in [3.05, 3.63) is 0 Å². The first kappa shape index (κ1) is 7.73. The Morgan fingerprint density at radius 3 is 3.00 bits per heavy atom. The second-order valence-corrected chi connectivity index (χ2v) is 2.89. The normalized spacial score (nSPS) is 25.1. The minimum Gasteiger partial charge on any atom is -0.314 e. The van der Waals surface area contributed by atoms with Gasteiger partial charge in [-0.05, 0) is 19.4 Å². The molecular formula is C8H15NO. The van der Waals surface area contributed by atoms with E-state index in [0.29, 0.717) is 18.2 Å². The minimum atomic E-state index is 0.388. The van der Waals surface area contributed by atoms with E-state index in [2.05, 4.69) is 5.32 Å². The number of rotatable bonds is 3. The lowest BCUT2D eigenvalue weighted by Gasteiger charge is -2.06. The van der Waals surface area contributed by atoms with Crippen LogP contribution in [0.4, 0.5) is 0 Å². The number of ketones is 1. The Kier molecular flexibility index (Phi) is 2.87. The Bertz CT molecular complexity index is 116. The summed E-state index contributed by atoms with van der Waals surface area (Å²) in [5.74, 6) is 0.388. The third kappa shape index (κ3) is 2.10. The molecule has 0 amide bonds. The molecule has 0 aromatic heterocycles. The highest BCUT2D eigenvalue weighted by atomic mass is 16.1. The van der Waals surface area contributed by atoms with Crippen LogP contribution in [0.1, 0.15) is 32.6 Å². The maximum Gasteiger partial charge on any atom is 0.134 e. The molecule has 1 heterocycles. The van der Waals surface area contributed by atoms with Gasteiger partial charge in [0.15, 0.2) is 0 Å². The Morgan fingerprint density at radius 1 is 1.70 bits per heavy atom. The predicted molar refractivity (Wildman–Crippen MR) is 40.9 cm³/mol. The zero-order valence-corrected chi connectivity index (χ0v) is 6.52. The molecule has 0 saturated carbocycles. The smallest absolute Gasteiger partial charge is 0.134 e. The molecule has 1 N–H and O–H groups in total. The van der Waals surface area contributed by atoms with Gasteiger partial charge in [-0.3, -0.25) is 4.79 Å². The molecule has 1 aliphatic heterocycles. The third-order valence-corrected chi connectivity index (χ3v) is 2.03. The van der Waals surface area contributed by atoms with Crippen LogP contribution in [0.3, 0.4) is 0 Å². The molecule has 2 nitrogen and oxygen atoms in total. The van der Waals surface area contributed by atoms with E-state index in [1.807, 2.05) is 6.92 Å². The minimum absolute atomic E-state index is 0.388. The zero-order valence-electron chi connectivity index (χ0n) is 6.52. The fourth-order valence-electron chi connectivity index (χ4n) is 1.35. The highest BCUT2D eigenvalue weighted by Crippen LogP contribution is 2.09. The van der Waals surface area contributed by atoms with Crippen LogP contribution in [0.2, 0.25) is 0 Å². The average Bonchev–Trinajstić information content (AvgIpc) is 2.40. The first-order chi connectivity index (χ1) is 4.83. The van der Waals surface area contributed by atoms with E-state index in [4.69, 9.17) is 0 Å². The lowest BCUT2D eigenvalue weighted by Crippen LogP contribution is -2.24. The van der Waals surface area contributed by atoms with Crippen LogP contribution >= 0.6 is 0 Å². The van der Waals surface area contributed by atoms with E-state index in [1.54, 1.807) is 0 Å². The number of hydrogen-bond acceptors (Lipinski definition) is 2. The molecule has 1 rings (SSSR count). The van der Waals surface area contributed by atoms with Crippen LogP contribution in [0.5, 0.6) is 0 Å². The van der Waals surface area contributed by atoms with E-state index in [1.165, 1.54) is 12.8 Å². The maximum atomic E-state index is 10.9. The monoisotopic (exact) mass is 141 g/mol. The molecule has 2 heteroatoms. The van der Waals surface area contributed by atoms with E-state index in [0.717, 1.165) is 13.0 Å². The van der Waals surface area contributed by atoms with Crippen molar-refractivity contribution in [1.29, 1.82) is 0 Å². The van der Waals surface area contributed by atoms with Crippen LogP contribution in [-0.4, -0.2) is 18.4 Å². The highest BCUT2D eigenvalue weighted by Gasteiger charge is 2.15. The van der Waals surface area contributed by atoms with Crippen molar-refractivity contribution >= 4 is 5.78 Å². The Hall–Kier alpha value is -0.370. The second-order valence-electron chi connectivity index (χ2n) is 2.89. The summed E-state index contributed by atoms with van der Waals surface area (Å²) in [5.41, 5.74) is 0. The van der Waals surface area contributed by atoms with Crippen LogP contribution in [0, 0.1) is 0 Å². The first-order valence-electron chi connectivity index (χ1n) is 4.08. The van der Waals surface area contributed by atoms with Crippen LogP contribution in [0.25, 0.3) is 0 Å². The van der Waals surface area contributed by atoms with Gasteiger partial charge in [-0.1, -0.05) is 6.92 Å². The van der Waals surface area contributed by atoms with Gasteiger partial charge in [0, 0.05) is 18.9 Å². The predicted octanol–water partition coefficient (Wildman–Crippen LogP) is 1.11. The molecule has 1 aliphatic rings. The van der Waals surface area contributed by atoms with Gasteiger partial charge in [-0.2, -0.15) is 0 Å². The van der Waals surface area contributed by atoms with Gasteiger partial charge < -0.3 is 5.32 Å². The van der Waals surface area contributed by atoms with Crippen molar-refractivity contribution < 1.29 is 4.79 Å². The molecule has 1 atom stereocenters. The summed E-state index contributed by atoms with van der Waals surface area (Å²) in [7, 11) is 0. The zero-order chi connectivity index (χ0) is 7.40. The van der Waals surface area contributed by atoms with Gasteiger partial charge in [-0.25, -0.2) is 0 Å². The highest BCUT2D eigenvalue weighted by molar-refractivity contribution is 5.78. The fourth-order valence-corrected chi connectivity index (χ4v) is 1.35. The van der Waals surface area contributed by atoms with Crippen molar-refractivity contribution in [2.45, 2.75) is 38.6 Å². The molecule has 0 bridgehead atoms. The van der Waals surface area contributed by atoms with E-state index in [-0.39, 0.29) is 0 Å². The summed E-state index contributed by atoms with van der Waals surface area (Å²) >= 11 is 0. The number of nitrogens with one attached hydrogen (secondary N) is 1. The molecule has 0 aromatic rings. The largest absolute Gasteiger partial charge is 0.314 e. The van der Waals surface area contributed by atoms with Crippen LogP contribution < -0.4 is 5.32 Å². The van der Waals surface area contributed by atoms with E-state index < -0.39 is 0 Å². The first-order valence-corrected chi connectivity index (χ1v) is 4.08. The molecule has 0 spiro atoms. The summed E-state index contributed by atoms with van der Waals surface area (Å²) in [6.07, 6.45) is 3.86. The molecule has 1 fully saturated rings. The van der Waals surface area contributed by atoms with E-state index in [9.17, 15) is 4.79 Å². The third-order valence-electron chi connectivity index (χ3n) is 2.03. The maximum absolute atomic E-state index is 10.9. The molecule has 1 saturated heterocycles. The SMILES string of the molecule is CCC(=O)C[C@@H]1CCCN1. The Morgan fingerprint density at radius 2 is 2.50 bits per heavy atom. The van der Waals surface area contributed by atoms with Crippen molar-refractivity contribution in [2.75, 3.05) is 6.54 Å². The molecular weight excluding hydrogens is 126 g/mol. The standard InChI is InChI=1S/C8H15NO/c1-2-8(10)6-7-4-3-5-9-7/h7,9H,2-6H2,1H3/t7-/m0/s1. The molecule has 0 unspecified atom stereocenters. The average molecular weight is 141 g/mol. The second kappa shape index (κ2) is 3.71. The Labute approximate surface area is 62.0 Å². The fraction of sp³-hybridized carbons (Fsp3) is 0.875.